The SMILES string of the molecule is O=C(Nc1ccc([N+](=O)[O-])c(C(F)(F)F)c1)c1ccc(-c2ccc(Cl)cc2)o1. The van der Waals surface area contributed by atoms with E-state index in [1.165, 1.54) is 12.1 Å². The number of anilines is 1. The number of furan rings is 1. The zero-order valence-corrected chi connectivity index (χ0v) is 14.5. The molecule has 2 aromatic carbocycles. The summed E-state index contributed by atoms with van der Waals surface area (Å²) < 4.78 is 44.5. The molecule has 0 spiro atoms. The van der Waals surface area contributed by atoms with Crippen molar-refractivity contribution in [3.05, 3.63) is 81.1 Å². The van der Waals surface area contributed by atoms with Gasteiger partial charge < -0.3 is 9.73 Å². The first-order valence-corrected chi connectivity index (χ1v) is 8.06. The van der Waals surface area contributed by atoms with Crippen molar-refractivity contribution in [2.24, 2.45) is 0 Å². The van der Waals surface area contributed by atoms with E-state index >= 15 is 0 Å². The Bertz CT molecular complexity index is 1050. The summed E-state index contributed by atoms with van der Waals surface area (Å²) in [7, 11) is 0. The van der Waals surface area contributed by atoms with Gasteiger partial charge in [-0.2, -0.15) is 13.2 Å². The Hall–Kier alpha value is -3.33. The highest BCUT2D eigenvalue weighted by atomic mass is 35.5. The molecule has 6 nitrogen and oxygen atoms in total. The van der Waals surface area contributed by atoms with Crippen LogP contribution in [0.2, 0.25) is 5.02 Å². The number of carbonyl (C=O) groups is 1. The summed E-state index contributed by atoms with van der Waals surface area (Å²) in [6, 6.07) is 11.7. The smallest absolute Gasteiger partial charge is 0.423 e. The van der Waals surface area contributed by atoms with Crippen LogP contribution in [0.3, 0.4) is 0 Å². The van der Waals surface area contributed by atoms with Crippen LogP contribution in [0, 0.1) is 10.1 Å². The quantitative estimate of drug-likeness (QED) is 0.436. The summed E-state index contributed by atoms with van der Waals surface area (Å²) in [5.74, 6) is -0.583. The minimum absolute atomic E-state index is 0.142. The van der Waals surface area contributed by atoms with Crippen molar-refractivity contribution in [2.45, 2.75) is 6.18 Å². The zero-order valence-electron chi connectivity index (χ0n) is 13.8. The lowest BCUT2D eigenvalue weighted by Gasteiger charge is -2.10. The van der Waals surface area contributed by atoms with E-state index < -0.39 is 28.3 Å². The molecule has 1 heterocycles. The predicted octanol–water partition coefficient (Wildman–Crippen LogP) is 5.78. The first kappa shape index (κ1) is 19.4. The van der Waals surface area contributed by atoms with Crippen molar-refractivity contribution in [3.8, 4) is 11.3 Å². The minimum atomic E-state index is -4.95. The van der Waals surface area contributed by atoms with Gasteiger partial charge in [0.25, 0.3) is 11.6 Å². The molecule has 0 unspecified atom stereocenters. The van der Waals surface area contributed by atoms with Gasteiger partial charge in [-0.05, 0) is 48.5 Å². The topological polar surface area (TPSA) is 85.4 Å². The van der Waals surface area contributed by atoms with Crippen LogP contribution in [0.25, 0.3) is 11.3 Å². The summed E-state index contributed by atoms with van der Waals surface area (Å²) in [5, 5.41) is 13.5. The molecule has 0 aliphatic rings. The Balaban J connectivity index is 1.84. The third-order valence-corrected chi connectivity index (χ3v) is 3.97. The molecule has 3 rings (SSSR count). The number of nitro benzene ring substituents is 1. The molecule has 0 aliphatic heterocycles. The van der Waals surface area contributed by atoms with Gasteiger partial charge in [-0.3, -0.25) is 14.9 Å². The maximum absolute atomic E-state index is 13.0. The Labute approximate surface area is 160 Å². The summed E-state index contributed by atoms with van der Waals surface area (Å²) in [5.41, 5.74) is -2.17. The second-order valence-corrected chi connectivity index (χ2v) is 6.05. The molecule has 1 N–H and O–H groups in total. The number of hydrogen-bond acceptors (Lipinski definition) is 4. The molecule has 28 heavy (non-hydrogen) atoms. The number of amides is 1. The molecule has 0 bridgehead atoms. The lowest BCUT2D eigenvalue weighted by Crippen LogP contribution is -2.13. The largest absolute Gasteiger partial charge is 0.451 e. The van der Waals surface area contributed by atoms with Crippen LogP contribution in [0.15, 0.2) is 59.0 Å². The normalized spacial score (nSPS) is 11.3. The van der Waals surface area contributed by atoms with Crippen LogP contribution in [-0.4, -0.2) is 10.8 Å². The average Bonchev–Trinajstić information content (AvgIpc) is 3.11. The number of benzene rings is 2. The fourth-order valence-electron chi connectivity index (χ4n) is 2.42. The van der Waals surface area contributed by atoms with Gasteiger partial charge in [0.2, 0.25) is 0 Å². The third kappa shape index (κ3) is 4.15. The number of rotatable bonds is 4. The fourth-order valence-corrected chi connectivity index (χ4v) is 2.55. The van der Waals surface area contributed by atoms with E-state index in [1.807, 2.05) is 0 Å². The molecule has 3 aromatic rings. The zero-order chi connectivity index (χ0) is 20.5. The van der Waals surface area contributed by atoms with E-state index in [-0.39, 0.29) is 11.4 Å². The second-order valence-electron chi connectivity index (χ2n) is 5.61. The molecule has 0 atom stereocenters. The first-order valence-electron chi connectivity index (χ1n) is 7.68. The highest BCUT2D eigenvalue weighted by Crippen LogP contribution is 2.37. The Morgan fingerprint density at radius 1 is 1.07 bits per heavy atom. The van der Waals surface area contributed by atoms with Gasteiger partial charge in [0.15, 0.2) is 5.76 Å². The minimum Gasteiger partial charge on any atom is -0.451 e. The lowest BCUT2D eigenvalue weighted by atomic mass is 10.1. The molecule has 1 aromatic heterocycles. The molecule has 0 aliphatic carbocycles. The van der Waals surface area contributed by atoms with Crippen molar-refractivity contribution < 1.29 is 27.3 Å². The van der Waals surface area contributed by atoms with Gasteiger partial charge >= 0.3 is 6.18 Å². The molecule has 0 saturated carbocycles. The van der Waals surface area contributed by atoms with E-state index in [1.54, 1.807) is 24.3 Å². The highest BCUT2D eigenvalue weighted by Gasteiger charge is 2.38. The number of nitrogens with one attached hydrogen (secondary N) is 1. The van der Waals surface area contributed by atoms with Crippen LogP contribution in [-0.2, 0) is 6.18 Å². The Kier molecular flexibility index (Phi) is 5.10. The number of hydrogen-bond donors (Lipinski definition) is 1. The van der Waals surface area contributed by atoms with Gasteiger partial charge in [-0.25, -0.2) is 0 Å². The van der Waals surface area contributed by atoms with Gasteiger partial charge in [-0.1, -0.05) is 11.6 Å². The number of alkyl halides is 3. The number of carbonyl (C=O) groups excluding carboxylic acids is 1. The maximum Gasteiger partial charge on any atom is 0.423 e. The van der Waals surface area contributed by atoms with Crippen molar-refractivity contribution >= 4 is 28.9 Å². The van der Waals surface area contributed by atoms with E-state index in [2.05, 4.69) is 5.32 Å². The van der Waals surface area contributed by atoms with E-state index in [4.69, 9.17) is 16.0 Å². The summed E-state index contributed by atoms with van der Waals surface area (Å²) in [6.45, 7) is 0. The molecule has 0 fully saturated rings. The molecular weight excluding hydrogens is 401 g/mol. The van der Waals surface area contributed by atoms with E-state index in [0.717, 1.165) is 6.07 Å². The van der Waals surface area contributed by atoms with E-state index in [9.17, 15) is 28.1 Å². The Morgan fingerprint density at radius 2 is 1.75 bits per heavy atom. The summed E-state index contributed by atoms with van der Waals surface area (Å²) >= 11 is 5.80. The third-order valence-electron chi connectivity index (χ3n) is 3.72. The molecule has 1 amide bonds. The van der Waals surface area contributed by atoms with Crippen molar-refractivity contribution in [1.82, 2.24) is 0 Å². The molecule has 0 radical (unpaired) electrons. The van der Waals surface area contributed by atoms with Gasteiger partial charge in [0.1, 0.15) is 11.3 Å². The van der Waals surface area contributed by atoms with Crippen LogP contribution < -0.4 is 5.32 Å². The monoisotopic (exact) mass is 410 g/mol. The second kappa shape index (κ2) is 7.35. The molecule has 10 heteroatoms. The van der Waals surface area contributed by atoms with Crippen molar-refractivity contribution in [1.29, 1.82) is 0 Å². The predicted molar refractivity (Wildman–Crippen MR) is 95.2 cm³/mol. The molecule has 0 saturated heterocycles. The van der Waals surface area contributed by atoms with E-state index in [0.29, 0.717) is 28.5 Å². The number of nitro groups is 1. The molecule has 144 valence electrons. The van der Waals surface area contributed by atoms with Gasteiger partial charge in [0, 0.05) is 22.3 Å². The van der Waals surface area contributed by atoms with Crippen LogP contribution in [0.4, 0.5) is 24.5 Å². The van der Waals surface area contributed by atoms with Crippen LogP contribution in [0.5, 0.6) is 0 Å². The van der Waals surface area contributed by atoms with Gasteiger partial charge in [0.05, 0.1) is 4.92 Å². The Morgan fingerprint density at radius 3 is 2.36 bits per heavy atom. The number of nitrogens with zero attached hydrogens (tertiary/aromatic N) is 1. The fraction of sp³-hybridized carbons (Fsp3) is 0.0556. The number of halogens is 4. The summed E-state index contributed by atoms with van der Waals surface area (Å²) in [6.07, 6.45) is -4.95. The molecular formula is C18H10ClF3N2O4. The lowest BCUT2D eigenvalue weighted by molar-refractivity contribution is -0.388. The standard InChI is InChI=1S/C18H10ClF3N2O4/c19-11-3-1-10(2-4-11)15-7-8-16(28-15)17(25)23-12-5-6-14(24(26)27)13(9-12)18(20,21)22/h1-9H,(H,23,25). The van der Waals surface area contributed by atoms with Crippen molar-refractivity contribution in [2.75, 3.05) is 5.32 Å². The van der Waals surface area contributed by atoms with Crippen molar-refractivity contribution in [3.63, 3.8) is 0 Å². The van der Waals surface area contributed by atoms with Crippen LogP contribution >= 0.6 is 11.6 Å². The average molecular weight is 411 g/mol. The first-order chi connectivity index (χ1) is 13.1. The van der Waals surface area contributed by atoms with Gasteiger partial charge in [-0.15, -0.1) is 0 Å². The summed E-state index contributed by atoms with van der Waals surface area (Å²) in [4.78, 5) is 21.9. The highest BCUT2D eigenvalue weighted by molar-refractivity contribution is 6.30. The van der Waals surface area contributed by atoms with Crippen LogP contribution in [0.1, 0.15) is 16.1 Å². The maximum atomic E-state index is 13.0.